The van der Waals surface area contributed by atoms with Gasteiger partial charge in [0.2, 0.25) is 0 Å². The molecule has 0 atom stereocenters. The van der Waals surface area contributed by atoms with Gasteiger partial charge in [0.05, 0.1) is 5.56 Å². The van der Waals surface area contributed by atoms with Gasteiger partial charge in [-0.2, -0.15) is 0 Å². The molecule has 1 heterocycles. The van der Waals surface area contributed by atoms with Crippen molar-refractivity contribution in [2.24, 2.45) is 5.92 Å². The first-order chi connectivity index (χ1) is 9.56. The zero-order chi connectivity index (χ0) is 14.5. The Morgan fingerprint density at radius 3 is 2.35 bits per heavy atom. The van der Waals surface area contributed by atoms with E-state index in [2.05, 4.69) is 23.6 Å². The van der Waals surface area contributed by atoms with E-state index >= 15 is 0 Å². The molecule has 0 aromatic heterocycles. The number of benzene rings is 1. The highest BCUT2D eigenvalue weighted by Gasteiger charge is 2.19. The third kappa shape index (κ3) is 4.05. The lowest BCUT2D eigenvalue weighted by molar-refractivity contribution is 0.0692. The van der Waals surface area contributed by atoms with E-state index < -0.39 is 5.97 Å². The third-order valence-corrected chi connectivity index (χ3v) is 3.73. The van der Waals surface area contributed by atoms with Crippen molar-refractivity contribution >= 4 is 5.97 Å². The highest BCUT2D eigenvalue weighted by atomic mass is 16.4. The Labute approximate surface area is 121 Å². The van der Waals surface area contributed by atoms with Crippen molar-refractivity contribution in [3.05, 3.63) is 35.4 Å². The van der Waals surface area contributed by atoms with Crippen molar-refractivity contribution in [1.82, 2.24) is 9.80 Å². The molecule has 1 aliphatic heterocycles. The van der Waals surface area contributed by atoms with Gasteiger partial charge in [-0.25, -0.2) is 4.79 Å². The second-order valence-electron chi connectivity index (χ2n) is 5.93. The number of carboxylic acids is 1. The fourth-order valence-electron chi connectivity index (χ4n) is 2.75. The molecule has 1 N–H and O–H groups in total. The maximum atomic E-state index is 11.2. The van der Waals surface area contributed by atoms with Crippen LogP contribution in [-0.4, -0.2) is 53.6 Å². The molecule has 0 radical (unpaired) electrons. The highest BCUT2D eigenvalue weighted by Crippen LogP contribution is 2.14. The molecule has 0 amide bonds. The van der Waals surface area contributed by atoms with Gasteiger partial charge in [-0.15, -0.1) is 0 Å². The molecule has 0 bridgehead atoms. The molecule has 0 unspecified atom stereocenters. The summed E-state index contributed by atoms with van der Waals surface area (Å²) < 4.78 is 0. The summed E-state index contributed by atoms with van der Waals surface area (Å²) in [4.78, 5) is 16.0. The standard InChI is InChI=1S/C16H24N2O2/c1-13(2)11-17-7-9-18(10-8-17)12-14-5-3-4-6-15(14)16(19)20/h3-6,13H,7-12H2,1-2H3,(H,19,20). The monoisotopic (exact) mass is 276 g/mol. The second-order valence-corrected chi connectivity index (χ2v) is 5.93. The summed E-state index contributed by atoms with van der Waals surface area (Å²) in [5, 5.41) is 9.21. The zero-order valence-electron chi connectivity index (χ0n) is 12.4. The normalized spacial score (nSPS) is 17.6. The van der Waals surface area contributed by atoms with Crippen molar-refractivity contribution in [1.29, 1.82) is 0 Å². The molecule has 4 nitrogen and oxygen atoms in total. The Morgan fingerprint density at radius 2 is 1.75 bits per heavy atom. The summed E-state index contributed by atoms with van der Waals surface area (Å²) in [5.74, 6) is -0.131. The largest absolute Gasteiger partial charge is 0.478 e. The number of carboxylic acid groups (broad SMARTS) is 1. The van der Waals surface area contributed by atoms with Gasteiger partial charge >= 0.3 is 5.97 Å². The van der Waals surface area contributed by atoms with Crippen LogP contribution in [0.5, 0.6) is 0 Å². The van der Waals surface area contributed by atoms with Gasteiger partial charge in [0.15, 0.2) is 0 Å². The molecule has 2 rings (SSSR count). The maximum absolute atomic E-state index is 11.2. The van der Waals surface area contributed by atoms with Crippen molar-refractivity contribution < 1.29 is 9.90 Å². The zero-order valence-corrected chi connectivity index (χ0v) is 12.4. The van der Waals surface area contributed by atoms with Crippen molar-refractivity contribution in [2.45, 2.75) is 20.4 Å². The van der Waals surface area contributed by atoms with Crippen LogP contribution in [-0.2, 0) is 6.54 Å². The molecule has 1 saturated heterocycles. The Morgan fingerprint density at radius 1 is 1.15 bits per heavy atom. The van der Waals surface area contributed by atoms with Crippen LogP contribution in [0.2, 0.25) is 0 Å². The molecule has 1 aliphatic rings. The number of hydrogen-bond acceptors (Lipinski definition) is 3. The van der Waals surface area contributed by atoms with E-state index in [-0.39, 0.29) is 0 Å². The molecule has 1 fully saturated rings. The van der Waals surface area contributed by atoms with Gasteiger partial charge in [-0.1, -0.05) is 32.0 Å². The SMILES string of the molecule is CC(C)CN1CCN(Cc2ccccc2C(=O)O)CC1. The van der Waals surface area contributed by atoms with Crippen LogP contribution in [0.25, 0.3) is 0 Å². The molecule has 4 heteroatoms. The Bertz CT molecular complexity index is 452. The molecule has 0 spiro atoms. The Hall–Kier alpha value is -1.39. The summed E-state index contributed by atoms with van der Waals surface area (Å²) in [6.07, 6.45) is 0. The van der Waals surface area contributed by atoms with E-state index in [1.54, 1.807) is 12.1 Å². The molecular weight excluding hydrogens is 252 g/mol. The number of rotatable bonds is 5. The van der Waals surface area contributed by atoms with Gasteiger partial charge in [-0.3, -0.25) is 4.90 Å². The van der Waals surface area contributed by atoms with Crippen LogP contribution in [0, 0.1) is 5.92 Å². The maximum Gasteiger partial charge on any atom is 0.336 e. The summed E-state index contributed by atoms with van der Waals surface area (Å²) >= 11 is 0. The van der Waals surface area contributed by atoms with Crippen molar-refractivity contribution in [3.8, 4) is 0 Å². The first-order valence-electron chi connectivity index (χ1n) is 7.32. The van der Waals surface area contributed by atoms with Gasteiger partial charge in [0, 0.05) is 39.3 Å². The predicted molar refractivity (Wildman–Crippen MR) is 80.0 cm³/mol. The van der Waals surface area contributed by atoms with Gasteiger partial charge in [-0.05, 0) is 17.5 Å². The highest BCUT2D eigenvalue weighted by molar-refractivity contribution is 5.89. The first-order valence-corrected chi connectivity index (χ1v) is 7.32. The third-order valence-electron chi connectivity index (χ3n) is 3.73. The lowest BCUT2D eigenvalue weighted by Crippen LogP contribution is -2.47. The average molecular weight is 276 g/mol. The number of hydrogen-bond donors (Lipinski definition) is 1. The minimum atomic E-state index is -0.834. The fourth-order valence-corrected chi connectivity index (χ4v) is 2.75. The Balaban J connectivity index is 1.91. The molecule has 20 heavy (non-hydrogen) atoms. The molecule has 0 aliphatic carbocycles. The molecule has 0 saturated carbocycles. The van der Waals surface area contributed by atoms with Crippen molar-refractivity contribution in [2.75, 3.05) is 32.7 Å². The average Bonchev–Trinajstić information content (AvgIpc) is 2.41. The van der Waals surface area contributed by atoms with Gasteiger partial charge in [0.25, 0.3) is 0 Å². The number of piperazine rings is 1. The number of aromatic carboxylic acids is 1. The fraction of sp³-hybridized carbons (Fsp3) is 0.562. The van der Waals surface area contributed by atoms with Crippen molar-refractivity contribution in [3.63, 3.8) is 0 Å². The van der Waals surface area contributed by atoms with E-state index in [4.69, 9.17) is 0 Å². The van der Waals surface area contributed by atoms with E-state index in [0.29, 0.717) is 11.5 Å². The van der Waals surface area contributed by atoms with Crippen LogP contribution in [0.3, 0.4) is 0 Å². The lowest BCUT2D eigenvalue weighted by atomic mass is 10.1. The van der Waals surface area contributed by atoms with Crippen LogP contribution in [0.15, 0.2) is 24.3 Å². The first kappa shape index (κ1) is 15.0. The summed E-state index contributed by atoms with van der Waals surface area (Å²) in [7, 11) is 0. The smallest absolute Gasteiger partial charge is 0.336 e. The second kappa shape index (κ2) is 6.86. The molecule has 1 aromatic carbocycles. The number of carbonyl (C=O) groups is 1. The van der Waals surface area contributed by atoms with Crippen LogP contribution in [0.1, 0.15) is 29.8 Å². The van der Waals surface area contributed by atoms with Gasteiger partial charge in [0.1, 0.15) is 0 Å². The van der Waals surface area contributed by atoms with Crippen LogP contribution >= 0.6 is 0 Å². The molecular formula is C16H24N2O2. The van der Waals surface area contributed by atoms with Gasteiger partial charge < -0.3 is 10.0 Å². The topological polar surface area (TPSA) is 43.8 Å². The summed E-state index contributed by atoms with van der Waals surface area (Å²) in [6, 6.07) is 7.31. The quantitative estimate of drug-likeness (QED) is 0.895. The summed E-state index contributed by atoms with van der Waals surface area (Å²) in [6.45, 7) is 10.6. The molecule has 110 valence electrons. The van der Waals surface area contributed by atoms with E-state index in [1.807, 2.05) is 12.1 Å². The van der Waals surface area contributed by atoms with E-state index in [1.165, 1.54) is 0 Å². The molecule has 1 aromatic rings. The minimum absolute atomic E-state index is 0.428. The van der Waals surface area contributed by atoms with E-state index in [9.17, 15) is 9.90 Å². The minimum Gasteiger partial charge on any atom is -0.478 e. The predicted octanol–water partition coefficient (Wildman–Crippen LogP) is 2.16. The lowest BCUT2D eigenvalue weighted by Gasteiger charge is -2.35. The van der Waals surface area contributed by atoms with Crippen LogP contribution in [0.4, 0.5) is 0 Å². The summed E-state index contributed by atoms with van der Waals surface area (Å²) in [5.41, 5.74) is 1.34. The van der Waals surface area contributed by atoms with Crippen LogP contribution < -0.4 is 0 Å². The Kier molecular flexibility index (Phi) is 5.15. The van der Waals surface area contributed by atoms with E-state index in [0.717, 1.165) is 44.8 Å². The number of nitrogens with zero attached hydrogens (tertiary/aromatic N) is 2.